The van der Waals surface area contributed by atoms with Crippen molar-refractivity contribution in [3.63, 3.8) is 0 Å². The van der Waals surface area contributed by atoms with Crippen LogP contribution in [-0.2, 0) is 6.42 Å². The van der Waals surface area contributed by atoms with Gasteiger partial charge in [0.2, 0.25) is 5.16 Å². The summed E-state index contributed by atoms with van der Waals surface area (Å²) in [6, 6.07) is 5.55. The Morgan fingerprint density at radius 1 is 1.40 bits per heavy atom. The van der Waals surface area contributed by atoms with E-state index in [4.69, 9.17) is 0 Å². The fourth-order valence-corrected chi connectivity index (χ4v) is 2.19. The molecule has 0 amide bonds. The van der Waals surface area contributed by atoms with E-state index >= 15 is 0 Å². The number of H-pyrrole nitrogens is 1. The Bertz CT molecular complexity index is 624. The lowest BCUT2D eigenvalue weighted by atomic mass is 10.1. The predicted molar refractivity (Wildman–Crippen MR) is 73.9 cm³/mol. The molecule has 1 aromatic carbocycles. The maximum absolute atomic E-state index is 11.9. The molecule has 7 nitrogen and oxygen atoms in total. The molecule has 0 bridgehead atoms. The third kappa shape index (κ3) is 3.41. The molecular weight excluding hydrogens is 280 g/mol. The average molecular weight is 292 g/mol. The van der Waals surface area contributed by atoms with Crippen LogP contribution in [0.15, 0.2) is 29.4 Å². The van der Waals surface area contributed by atoms with Crippen LogP contribution in [0.1, 0.15) is 23.1 Å². The van der Waals surface area contributed by atoms with Crippen LogP contribution in [0.5, 0.6) is 0 Å². The standard InChI is InChI=1S/C12H12N4O3S/c1-2-11-13-12(15-14-11)20-7-10(17)8-3-5-9(6-4-8)16(18)19/h3-6H,2,7H2,1H3,(H,13,14,15). The number of hydrogen-bond donors (Lipinski definition) is 1. The van der Waals surface area contributed by atoms with Crippen LogP contribution < -0.4 is 0 Å². The van der Waals surface area contributed by atoms with E-state index in [2.05, 4.69) is 15.2 Å². The van der Waals surface area contributed by atoms with Gasteiger partial charge in [-0.25, -0.2) is 4.98 Å². The highest BCUT2D eigenvalue weighted by Gasteiger charge is 2.11. The number of nitrogens with one attached hydrogen (secondary N) is 1. The number of carbonyl (C=O) groups is 1. The SMILES string of the molecule is CCc1nc(SCC(=O)c2ccc([N+](=O)[O-])cc2)n[nH]1. The zero-order valence-corrected chi connectivity index (χ0v) is 11.5. The molecule has 0 unspecified atom stereocenters. The minimum Gasteiger partial charge on any atom is -0.293 e. The Labute approximate surface area is 119 Å². The summed E-state index contributed by atoms with van der Waals surface area (Å²) in [4.78, 5) is 26.1. The van der Waals surface area contributed by atoms with E-state index in [9.17, 15) is 14.9 Å². The summed E-state index contributed by atoms with van der Waals surface area (Å²) in [7, 11) is 0. The largest absolute Gasteiger partial charge is 0.293 e. The van der Waals surface area contributed by atoms with Crippen LogP contribution >= 0.6 is 11.8 Å². The molecule has 0 spiro atoms. The molecule has 2 aromatic rings. The minimum atomic E-state index is -0.497. The van der Waals surface area contributed by atoms with E-state index in [1.54, 1.807) is 0 Å². The van der Waals surface area contributed by atoms with Gasteiger partial charge in [0.1, 0.15) is 5.82 Å². The summed E-state index contributed by atoms with van der Waals surface area (Å²) in [5.41, 5.74) is 0.408. The molecule has 0 saturated heterocycles. The molecule has 20 heavy (non-hydrogen) atoms. The highest BCUT2D eigenvalue weighted by atomic mass is 32.2. The van der Waals surface area contributed by atoms with Crippen molar-refractivity contribution in [1.29, 1.82) is 0 Å². The number of Topliss-reactive ketones (excluding diaryl/α,β-unsaturated/α-hetero) is 1. The molecule has 1 aromatic heterocycles. The van der Waals surface area contributed by atoms with Gasteiger partial charge in [-0.1, -0.05) is 18.7 Å². The zero-order valence-electron chi connectivity index (χ0n) is 10.7. The average Bonchev–Trinajstić information content (AvgIpc) is 2.93. The van der Waals surface area contributed by atoms with Gasteiger partial charge in [0.05, 0.1) is 10.7 Å². The number of carbonyl (C=O) groups excluding carboxylic acids is 1. The quantitative estimate of drug-likeness (QED) is 0.379. The van der Waals surface area contributed by atoms with Crippen LogP contribution in [0.25, 0.3) is 0 Å². The first-order valence-electron chi connectivity index (χ1n) is 5.92. The number of non-ortho nitro benzene ring substituents is 1. The summed E-state index contributed by atoms with van der Waals surface area (Å²) in [5, 5.41) is 17.8. The Morgan fingerprint density at radius 2 is 2.10 bits per heavy atom. The second-order valence-electron chi connectivity index (χ2n) is 3.93. The van der Waals surface area contributed by atoms with Crippen molar-refractivity contribution < 1.29 is 9.72 Å². The van der Waals surface area contributed by atoms with Crippen LogP contribution in [0, 0.1) is 10.1 Å². The first kappa shape index (κ1) is 14.2. The summed E-state index contributed by atoms with van der Waals surface area (Å²) < 4.78 is 0. The molecule has 104 valence electrons. The Hall–Kier alpha value is -2.22. The normalized spacial score (nSPS) is 10.4. The lowest BCUT2D eigenvalue weighted by molar-refractivity contribution is -0.384. The first-order valence-corrected chi connectivity index (χ1v) is 6.90. The third-order valence-corrected chi connectivity index (χ3v) is 3.43. The van der Waals surface area contributed by atoms with Crippen LogP contribution in [0.2, 0.25) is 0 Å². The Kier molecular flexibility index (Phi) is 4.46. The highest BCUT2D eigenvalue weighted by molar-refractivity contribution is 7.99. The van der Waals surface area contributed by atoms with Gasteiger partial charge in [0.25, 0.3) is 5.69 Å². The fourth-order valence-electron chi connectivity index (χ4n) is 1.48. The number of nitrogens with zero attached hydrogens (tertiary/aromatic N) is 3. The van der Waals surface area contributed by atoms with Crippen LogP contribution in [-0.4, -0.2) is 31.6 Å². The molecule has 0 atom stereocenters. The number of rotatable bonds is 6. The number of benzene rings is 1. The monoisotopic (exact) mass is 292 g/mol. The second kappa shape index (κ2) is 6.29. The lowest BCUT2D eigenvalue weighted by Crippen LogP contribution is -2.02. The molecule has 0 aliphatic rings. The predicted octanol–water partition coefficient (Wildman–Crippen LogP) is 2.25. The number of nitro groups is 1. The number of aryl methyl sites for hydroxylation is 1. The van der Waals surface area contributed by atoms with Gasteiger partial charge in [-0.2, -0.15) is 0 Å². The van der Waals surface area contributed by atoms with Gasteiger partial charge in [0.15, 0.2) is 5.78 Å². The summed E-state index contributed by atoms with van der Waals surface area (Å²) in [5.74, 6) is 0.849. The van der Waals surface area contributed by atoms with Gasteiger partial charge in [-0.15, -0.1) is 5.10 Å². The number of hydrogen-bond acceptors (Lipinski definition) is 6. The van der Waals surface area contributed by atoms with Crippen molar-refractivity contribution in [1.82, 2.24) is 15.2 Å². The number of aromatic nitrogens is 3. The van der Waals surface area contributed by atoms with Crippen molar-refractivity contribution in [2.75, 3.05) is 5.75 Å². The number of aromatic amines is 1. The minimum absolute atomic E-state index is 0.0317. The van der Waals surface area contributed by atoms with E-state index < -0.39 is 4.92 Å². The molecule has 1 heterocycles. The maximum Gasteiger partial charge on any atom is 0.269 e. The van der Waals surface area contributed by atoms with E-state index in [-0.39, 0.29) is 17.2 Å². The van der Waals surface area contributed by atoms with E-state index in [0.29, 0.717) is 10.7 Å². The molecule has 0 aliphatic heterocycles. The van der Waals surface area contributed by atoms with Gasteiger partial charge >= 0.3 is 0 Å². The Morgan fingerprint density at radius 3 is 2.65 bits per heavy atom. The van der Waals surface area contributed by atoms with Gasteiger partial charge in [-0.05, 0) is 12.1 Å². The molecule has 0 saturated carbocycles. The van der Waals surface area contributed by atoms with Crippen molar-refractivity contribution >= 4 is 23.2 Å². The molecule has 1 N–H and O–H groups in total. The summed E-state index contributed by atoms with van der Waals surface area (Å²) in [6.45, 7) is 1.96. The topological polar surface area (TPSA) is 102 Å². The van der Waals surface area contributed by atoms with E-state index in [1.165, 1.54) is 36.0 Å². The fraction of sp³-hybridized carbons (Fsp3) is 0.250. The van der Waals surface area contributed by atoms with E-state index in [0.717, 1.165) is 12.2 Å². The number of thioether (sulfide) groups is 1. The van der Waals surface area contributed by atoms with Crippen molar-refractivity contribution in [2.45, 2.75) is 18.5 Å². The maximum atomic E-state index is 11.9. The van der Waals surface area contributed by atoms with Gasteiger partial charge < -0.3 is 0 Å². The zero-order chi connectivity index (χ0) is 14.5. The molecule has 8 heteroatoms. The van der Waals surface area contributed by atoms with Crippen molar-refractivity contribution in [3.05, 3.63) is 45.8 Å². The summed E-state index contributed by atoms with van der Waals surface area (Å²) in [6.07, 6.45) is 0.754. The van der Waals surface area contributed by atoms with Gasteiger partial charge in [-0.3, -0.25) is 20.0 Å². The smallest absolute Gasteiger partial charge is 0.269 e. The van der Waals surface area contributed by atoms with Crippen LogP contribution in [0.4, 0.5) is 5.69 Å². The molecule has 0 radical (unpaired) electrons. The number of ketones is 1. The molecular formula is C12H12N4O3S. The summed E-state index contributed by atoms with van der Waals surface area (Å²) >= 11 is 1.23. The molecule has 0 aliphatic carbocycles. The second-order valence-corrected chi connectivity index (χ2v) is 4.88. The first-order chi connectivity index (χ1) is 9.60. The molecule has 2 rings (SSSR count). The van der Waals surface area contributed by atoms with Crippen molar-refractivity contribution in [3.8, 4) is 0 Å². The van der Waals surface area contributed by atoms with Crippen LogP contribution in [0.3, 0.4) is 0 Å². The number of nitro benzene ring substituents is 1. The lowest BCUT2D eigenvalue weighted by Gasteiger charge is -1.98. The highest BCUT2D eigenvalue weighted by Crippen LogP contribution is 2.17. The van der Waals surface area contributed by atoms with E-state index in [1.807, 2.05) is 6.92 Å². The van der Waals surface area contributed by atoms with Crippen molar-refractivity contribution in [2.24, 2.45) is 0 Å². The Balaban J connectivity index is 1.96. The van der Waals surface area contributed by atoms with Gasteiger partial charge in [0, 0.05) is 24.1 Å². The molecule has 0 fully saturated rings. The third-order valence-electron chi connectivity index (χ3n) is 2.58.